The zero-order valence-electron chi connectivity index (χ0n) is 8.63. The van der Waals surface area contributed by atoms with Crippen molar-refractivity contribution in [3.63, 3.8) is 0 Å². The predicted molar refractivity (Wildman–Crippen MR) is 57.3 cm³/mol. The molecular weight excluding hydrogens is 232 g/mol. The van der Waals surface area contributed by atoms with Gasteiger partial charge in [-0.05, 0) is 18.8 Å². The summed E-state index contributed by atoms with van der Waals surface area (Å²) in [7, 11) is 1.75. The first-order chi connectivity index (χ1) is 6.15. The maximum absolute atomic E-state index is 5.71. The van der Waals surface area contributed by atoms with E-state index in [0.29, 0.717) is 10.9 Å². The molecule has 1 aliphatic rings. The third kappa shape index (κ3) is 3.22. The van der Waals surface area contributed by atoms with Crippen molar-refractivity contribution in [1.29, 1.82) is 0 Å². The average Bonchev–Trinajstić information content (AvgIpc) is 2.02. The second kappa shape index (κ2) is 5.32. The van der Waals surface area contributed by atoms with Gasteiger partial charge >= 0.3 is 0 Å². The van der Waals surface area contributed by atoms with Crippen LogP contribution in [0.2, 0.25) is 0 Å². The van der Waals surface area contributed by atoms with E-state index in [1.165, 1.54) is 0 Å². The highest BCUT2D eigenvalue weighted by atomic mass is 79.9. The third-order valence-electron chi connectivity index (χ3n) is 2.48. The number of rotatable bonds is 5. The van der Waals surface area contributed by atoms with Crippen LogP contribution in [-0.4, -0.2) is 30.8 Å². The summed E-state index contributed by atoms with van der Waals surface area (Å²) in [5.41, 5.74) is 0. The first-order valence-electron chi connectivity index (χ1n) is 4.93. The molecule has 0 saturated heterocycles. The summed E-state index contributed by atoms with van der Waals surface area (Å²) in [5, 5.41) is 0. The largest absolute Gasteiger partial charge is 0.378 e. The fourth-order valence-corrected chi connectivity index (χ4v) is 2.37. The van der Waals surface area contributed by atoms with E-state index in [0.717, 1.165) is 25.4 Å². The Balaban J connectivity index is 2.09. The molecule has 0 bridgehead atoms. The van der Waals surface area contributed by atoms with Crippen molar-refractivity contribution in [3.8, 4) is 0 Å². The molecular formula is C10H19BrO2. The molecule has 0 N–H and O–H groups in total. The number of hydrogen-bond donors (Lipinski definition) is 0. The standard InChI is InChI=1S/C10H19BrO2/c1-7(2)4-5-13-9-6-8(11)10(9)12-3/h7-10H,4-6H2,1-3H3. The molecule has 1 fully saturated rings. The predicted octanol–water partition coefficient (Wildman–Crippen LogP) is 2.60. The van der Waals surface area contributed by atoms with Crippen molar-refractivity contribution < 1.29 is 9.47 Å². The first-order valence-corrected chi connectivity index (χ1v) is 5.85. The number of hydrogen-bond acceptors (Lipinski definition) is 2. The molecule has 0 heterocycles. The molecule has 3 unspecified atom stereocenters. The molecule has 3 atom stereocenters. The van der Waals surface area contributed by atoms with E-state index in [-0.39, 0.29) is 6.10 Å². The maximum atomic E-state index is 5.71. The summed E-state index contributed by atoms with van der Waals surface area (Å²) >= 11 is 3.54. The smallest absolute Gasteiger partial charge is 0.0958 e. The van der Waals surface area contributed by atoms with Gasteiger partial charge in [0.1, 0.15) is 0 Å². The van der Waals surface area contributed by atoms with Crippen LogP contribution in [0.25, 0.3) is 0 Å². The molecule has 0 aliphatic heterocycles. The summed E-state index contributed by atoms with van der Waals surface area (Å²) in [6.07, 6.45) is 2.79. The summed E-state index contributed by atoms with van der Waals surface area (Å²) in [6.45, 7) is 5.29. The lowest BCUT2D eigenvalue weighted by Gasteiger charge is -2.40. The number of ether oxygens (including phenoxy) is 2. The van der Waals surface area contributed by atoms with Gasteiger partial charge in [-0.15, -0.1) is 0 Å². The van der Waals surface area contributed by atoms with Gasteiger partial charge in [0, 0.05) is 18.5 Å². The number of methoxy groups -OCH3 is 1. The molecule has 1 rings (SSSR count). The Morgan fingerprint density at radius 1 is 1.46 bits per heavy atom. The molecule has 1 saturated carbocycles. The van der Waals surface area contributed by atoms with Crippen molar-refractivity contribution in [1.82, 2.24) is 0 Å². The van der Waals surface area contributed by atoms with Crippen LogP contribution in [-0.2, 0) is 9.47 Å². The minimum Gasteiger partial charge on any atom is -0.378 e. The van der Waals surface area contributed by atoms with Gasteiger partial charge in [0.25, 0.3) is 0 Å². The van der Waals surface area contributed by atoms with E-state index >= 15 is 0 Å². The van der Waals surface area contributed by atoms with Crippen LogP contribution in [0.1, 0.15) is 26.7 Å². The Kier molecular flexibility index (Phi) is 4.70. The number of alkyl halides is 1. The molecule has 3 heteroatoms. The minimum absolute atomic E-state index is 0.257. The van der Waals surface area contributed by atoms with Gasteiger partial charge < -0.3 is 9.47 Å². The van der Waals surface area contributed by atoms with Gasteiger partial charge in [-0.3, -0.25) is 0 Å². The van der Waals surface area contributed by atoms with E-state index < -0.39 is 0 Å². The van der Waals surface area contributed by atoms with Crippen LogP contribution >= 0.6 is 15.9 Å². The van der Waals surface area contributed by atoms with Crippen LogP contribution < -0.4 is 0 Å². The molecule has 2 nitrogen and oxygen atoms in total. The van der Waals surface area contributed by atoms with Gasteiger partial charge in [-0.25, -0.2) is 0 Å². The highest BCUT2D eigenvalue weighted by Crippen LogP contribution is 2.32. The van der Waals surface area contributed by atoms with Crippen LogP contribution in [0.3, 0.4) is 0 Å². The SMILES string of the molecule is COC1C(Br)CC1OCCC(C)C. The molecule has 0 aromatic heterocycles. The lowest BCUT2D eigenvalue weighted by molar-refractivity contribution is -0.108. The van der Waals surface area contributed by atoms with Crippen LogP contribution in [0, 0.1) is 5.92 Å². The van der Waals surface area contributed by atoms with Gasteiger partial charge in [-0.1, -0.05) is 29.8 Å². The van der Waals surface area contributed by atoms with E-state index in [4.69, 9.17) is 9.47 Å². The molecule has 0 radical (unpaired) electrons. The van der Waals surface area contributed by atoms with E-state index in [1.807, 2.05) is 0 Å². The molecule has 13 heavy (non-hydrogen) atoms. The first kappa shape index (κ1) is 11.5. The Bertz CT molecular complexity index is 150. The van der Waals surface area contributed by atoms with Crippen molar-refractivity contribution in [2.45, 2.75) is 43.7 Å². The van der Waals surface area contributed by atoms with Gasteiger partial charge in [0.05, 0.1) is 12.2 Å². The summed E-state index contributed by atoms with van der Waals surface area (Å²) in [4.78, 5) is 0.488. The zero-order chi connectivity index (χ0) is 9.84. The summed E-state index contributed by atoms with van der Waals surface area (Å²) in [5.74, 6) is 0.723. The van der Waals surface area contributed by atoms with Gasteiger partial charge in [-0.2, -0.15) is 0 Å². The van der Waals surface area contributed by atoms with Crippen molar-refractivity contribution >= 4 is 15.9 Å². The number of halogens is 1. The second-order valence-corrected chi connectivity index (χ2v) is 5.22. The van der Waals surface area contributed by atoms with Crippen LogP contribution in [0.15, 0.2) is 0 Å². The average molecular weight is 251 g/mol. The fourth-order valence-electron chi connectivity index (χ4n) is 1.44. The normalized spacial score (nSPS) is 33.5. The summed E-state index contributed by atoms with van der Waals surface area (Å²) in [6, 6.07) is 0. The Morgan fingerprint density at radius 2 is 2.15 bits per heavy atom. The highest BCUT2D eigenvalue weighted by molar-refractivity contribution is 9.09. The molecule has 0 aromatic rings. The zero-order valence-corrected chi connectivity index (χ0v) is 10.2. The fraction of sp³-hybridized carbons (Fsp3) is 1.00. The summed E-state index contributed by atoms with van der Waals surface area (Å²) < 4.78 is 11.0. The van der Waals surface area contributed by atoms with E-state index in [9.17, 15) is 0 Å². The Hall–Kier alpha value is 0.400. The molecule has 0 aromatic carbocycles. The van der Waals surface area contributed by atoms with Crippen LogP contribution in [0.5, 0.6) is 0 Å². The molecule has 1 aliphatic carbocycles. The van der Waals surface area contributed by atoms with Crippen molar-refractivity contribution in [2.75, 3.05) is 13.7 Å². The molecule has 0 spiro atoms. The van der Waals surface area contributed by atoms with E-state index in [1.54, 1.807) is 7.11 Å². The molecule has 78 valence electrons. The second-order valence-electron chi connectivity index (χ2n) is 4.04. The van der Waals surface area contributed by atoms with Gasteiger partial charge in [0.2, 0.25) is 0 Å². The quantitative estimate of drug-likeness (QED) is 0.699. The lowest BCUT2D eigenvalue weighted by atomic mass is 9.91. The topological polar surface area (TPSA) is 18.5 Å². The Morgan fingerprint density at radius 3 is 2.62 bits per heavy atom. The van der Waals surface area contributed by atoms with Gasteiger partial charge in [0.15, 0.2) is 0 Å². The van der Waals surface area contributed by atoms with Crippen molar-refractivity contribution in [3.05, 3.63) is 0 Å². The maximum Gasteiger partial charge on any atom is 0.0958 e. The van der Waals surface area contributed by atoms with E-state index in [2.05, 4.69) is 29.8 Å². The molecule has 0 amide bonds. The van der Waals surface area contributed by atoms with Crippen LogP contribution in [0.4, 0.5) is 0 Å². The Labute approximate surface area is 89.1 Å². The highest BCUT2D eigenvalue weighted by Gasteiger charge is 2.40. The minimum atomic E-state index is 0.257. The third-order valence-corrected chi connectivity index (χ3v) is 3.37. The monoisotopic (exact) mass is 250 g/mol. The lowest BCUT2D eigenvalue weighted by Crippen LogP contribution is -2.50. The van der Waals surface area contributed by atoms with Crippen molar-refractivity contribution in [2.24, 2.45) is 5.92 Å².